The van der Waals surface area contributed by atoms with E-state index < -0.39 is 0 Å². The van der Waals surface area contributed by atoms with E-state index in [9.17, 15) is 9.59 Å². The van der Waals surface area contributed by atoms with Crippen LogP contribution in [0.25, 0.3) is 0 Å². The molecule has 0 unspecified atom stereocenters. The van der Waals surface area contributed by atoms with Gasteiger partial charge in [-0.2, -0.15) is 0 Å². The third-order valence-corrected chi connectivity index (χ3v) is 7.42. The van der Waals surface area contributed by atoms with E-state index in [1.54, 1.807) is 11.3 Å². The van der Waals surface area contributed by atoms with Crippen LogP contribution in [0.1, 0.15) is 46.8 Å². The summed E-state index contributed by atoms with van der Waals surface area (Å²) in [6.07, 6.45) is 4.72. The van der Waals surface area contributed by atoms with E-state index in [0.29, 0.717) is 18.4 Å². The fraction of sp³-hybridized carbons (Fsp3) is 0.714. The zero-order chi connectivity index (χ0) is 19.0. The van der Waals surface area contributed by atoms with Gasteiger partial charge in [0, 0.05) is 44.1 Å². The minimum Gasteiger partial charge on any atom is -0.341 e. The van der Waals surface area contributed by atoms with E-state index in [-0.39, 0.29) is 11.8 Å². The van der Waals surface area contributed by atoms with Crippen molar-refractivity contribution in [1.29, 1.82) is 0 Å². The number of amides is 2. The Hall–Kier alpha value is -1.40. The number of piperidine rings is 1. The molecule has 3 heterocycles. The first kappa shape index (κ1) is 18.9. The number of hydrogen-bond acceptors (Lipinski definition) is 4. The predicted molar refractivity (Wildman–Crippen MR) is 108 cm³/mol. The number of thiophene rings is 1. The Bertz CT molecular complexity index is 677. The first-order chi connectivity index (χ1) is 13.0. The van der Waals surface area contributed by atoms with E-state index in [0.717, 1.165) is 57.0 Å². The normalized spacial score (nSPS) is 26.3. The molecule has 2 aliphatic heterocycles. The molecule has 0 saturated carbocycles. The van der Waals surface area contributed by atoms with Crippen LogP contribution in [0.3, 0.4) is 0 Å². The number of likely N-dealkylation sites (tertiary alicyclic amines) is 1. The summed E-state index contributed by atoms with van der Waals surface area (Å²) in [7, 11) is 0. The number of aryl methyl sites for hydroxylation is 2. The predicted octanol–water partition coefficient (Wildman–Crippen LogP) is 2.50. The fourth-order valence-corrected chi connectivity index (χ4v) is 6.08. The van der Waals surface area contributed by atoms with Gasteiger partial charge in [0.05, 0.1) is 11.4 Å². The second-order valence-corrected chi connectivity index (χ2v) is 9.86. The van der Waals surface area contributed by atoms with Crippen LogP contribution in [0, 0.1) is 11.8 Å². The van der Waals surface area contributed by atoms with Crippen molar-refractivity contribution in [3.8, 4) is 0 Å². The second-order valence-electron chi connectivity index (χ2n) is 8.73. The fourth-order valence-electron chi connectivity index (χ4n) is 4.86. The maximum absolute atomic E-state index is 12.8. The van der Waals surface area contributed by atoms with Crippen molar-refractivity contribution in [2.75, 3.05) is 45.8 Å². The number of carbonyl (C=O) groups excluding carboxylic acids is 2. The first-order valence-corrected chi connectivity index (χ1v) is 11.2. The van der Waals surface area contributed by atoms with Gasteiger partial charge in [-0.1, -0.05) is 13.8 Å². The van der Waals surface area contributed by atoms with Crippen LogP contribution in [-0.2, 0) is 17.6 Å². The summed E-state index contributed by atoms with van der Waals surface area (Å²) in [5.41, 5.74) is 1.39. The van der Waals surface area contributed by atoms with E-state index in [1.807, 2.05) is 9.80 Å². The van der Waals surface area contributed by atoms with Gasteiger partial charge in [0.25, 0.3) is 5.91 Å². The van der Waals surface area contributed by atoms with Crippen LogP contribution >= 0.6 is 11.3 Å². The third kappa shape index (κ3) is 4.21. The number of piperazine rings is 1. The molecule has 1 aromatic heterocycles. The highest BCUT2D eigenvalue weighted by Gasteiger charge is 2.29. The molecule has 4 rings (SSSR count). The van der Waals surface area contributed by atoms with Gasteiger partial charge in [0.15, 0.2) is 0 Å². The molecule has 2 saturated heterocycles. The summed E-state index contributed by atoms with van der Waals surface area (Å²) in [6.45, 7) is 9.79. The van der Waals surface area contributed by atoms with Crippen molar-refractivity contribution < 1.29 is 9.59 Å². The molecule has 3 aliphatic rings. The molecule has 6 heteroatoms. The van der Waals surface area contributed by atoms with Crippen molar-refractivity contribution in [2.24, 2.45) is 11.8 Å². The molecule has 0 N–H and O–H groups in total. The van der Waals surface area contributed by atoms with Gasteiger partial charge >= 0.3 is 0 Å². The second kappa shape index (κ2) is 7.92. The van der Waals surface area contributed by atoms with Crippen molar-refractivity contribution in [1.82, 2.24) is 14.7 Å². The van der Waals surface area contributed by atoms with Gasteiger partial charge in [-0.3, -0.25) is 14.5 Å². The Balaban J connectivity index is 1.27. The molecule has 2 atom stereocenters. The van der Waals surface area contributed by atoms with Crippen LogP contribution < -0.4 is 0 Å². The molecule has 5 nitrogen and oxygen atoms in total. The highest BCUT2D eigenvalue weighted by Crippen LogP contribution is 2.31. The summed E-state index contributed by atoms with van der Waals surface area (Å²) in [5, 5.41) is 0. The molecule has 2 amide bonds. The highest BCUT2D eigenvalue weighted by molar-refractivity contribution is 7.14. The SMILES string of the molecule is C[C@@H]1C[C@@H](C)CN(C(=O)CN2CCN(C(=O)c3cc4c(s3)CCC4)CC2)C1. The van der Waals surface area contributed by atoms with E-state index in [1.165, 1.54) is 23.3 Å². The smallest absolute Gasteiger partial charge is 0.264 e. The molecular formula is C21H31N3O2S. The van der Waals surface area contributed by atoms with Crippen LogP contribution in [0.15, 0.2) is 6.07 Å². The van der Waals surface area contributed by atoms with Gasteiger partial charge in [-0.25, -0.2) is 0 Å². The summed E-state index contributed by atoms with van der Waals surface area (Å²) in [6, 6.07) is 2.12. The number of rotatable bonds is 3. The van der Waals surface area contributed by atoms with Gasteiger partial charge in [-0.05, 0) is 49.1 Å². The molecule has 0 spiro atoms. The minimum absolute atomic E-state index is 0.180. The number of nitrogens with zero attached hydrogens (tertiary/aromatic N) is 3. The lowest BCUT2D eigenvalue weighted by Gasteiger charge is -2.38. The lowest BCUT2D eigenvalue weighted by Crippen LogP contribution is -2.52. The van der Waals surface area contributed by atoms with E-state index in [4.69, 9.17) is 0 Å². The average molecular weight is 390 g/mol. The summed E-state index contributed by atoms with van der Waals surface area (Å²) in [5.74, 6) is 1.63. The van der Waals surface area contributed by atoms with Gasteiger partial charge in [0.2, 0.25) is 5.91 Å². The maximum Gasteiger partial charge on any atom is 0.264 e. The van der Waals surface area contributed by atoms with Crippen LogP contribution in [-0.4, -0.2) is 72.3 Å². The monoisotopic (exact) mass is 389 g/mol. The molecule has 27 heavy (non-hydrogen) atoms. The van der Waals surface area contributed by atoms with Crippen LogP contribution in [0.4, 0.5) is 0 Å². The molecule has 148 valence electrons. The van der Waals surface area contributed by atoms with Crippen molar-refractivity contribution in [3.05, 3.63) is 21.4 Å². The quantitative estimate of drug-likeness (QED) is 0.798. The zero-order valence-electron chi connectivity index (χ0n) is 16.6. The van der Waals surface area contributed by atoms with Crippen molar-refractivity contribution in [2.45, 2.75) is 39.5 Å². The molecule has 0 radical (unpaired) electrons. The molecular weight excluding hydrogens is 358 g/mol. The maximum atomic E-state index is 12.8. The number of fused-ring (bicyclic) bond motifs is 1. The van der Waals surface area contributed by atoms with Crippen LogP contribution in [0.5, 0.6) is 0 Å². The molecule has 1 aromatic rings. The van der Waals surface area contributed by atoms with Crippen LogP contribution in [0.2, 0.25) is 0 Å². The van der Waals surface area contributed by atoms with Gasteiger partial charge < -0.3 is 9.80 Å². The first-order valence-electron chi connectivity index (χ1n) is 10.4. The van der Waals surface area contributed by atoms with Crippen molar-refractivity contribution in [3.63, 3.8) is 0 Å². The Kier molecular flexibility index (Phi) is 5.55. The lowest BCUT2D eigenvalue weighted by molar-refractivity contribution is -0.135. The summed E-state index contributed by atoms with van der Waals surface area (Å²) in [4.78, 5) is 34.0. The molecule has 1 aliphatic carbocycles. The topological polar surface area (TPSA) is 43.9 Å². The Morgan fingerprint density at radius 1 is 1.04 bits per heavy atom. The van der Waals surface area contributed by atoms with Crippen molar-refractivity contribution >= 4 is 23.2 Å². The average Bonchev–Trinajstić information content (AvgIpc) is 3.23. The largest absolute Gasteiger partial charge is 0.341 e. The minimum atomic E-state index is 0.180. The molecule has 0 bridgehead atoms. The lowest BCUT2D eigenvalue weighted by atomic mass is 9.92. The highest BCUT2D eigenvalue weighted by atomic mass is 32.1. The van der Waals surface area contributed by atoms with Gasteiger partial charge in [0.1, 0.15) is 0 Å². The number of hydrogen-bond donors (Lipinski definition) is 0. The summed E-state index contributed by atoms with van der Waals surface area (Å²) < 4.78 is 0. The van der Waals surface area contributed by atoms with E-state index >= 15 is 0 Å². The number of carbonyl (C=O) groups is 2. The van der Waals surface area contributed by atoms with E-state index in [2.05, 4.69) is 24.8 Å². The third-order valence-electron chi connectivity index (χ3n) is 6.20. The molecule has 0 aromatic carbocycles. The molecule has 2 fully saturated rings. The Morgan fingerprint density at radius 3 is 2.41 bits per heavy atom. The standard InChI is InChI=1S/C21H31N3O2S/c1-15-10-16(2)13-24(12-15)20(25)14-22-6-8-23(9-7-22)21(26)19-11-17-4-3-5-18(17)27-19/h11,15-16H,3-10,12-14H2,1-2H3/t15-,16-/m1/s1. The van der Waals surface area contributed by atoms with Gasteiger partial charge in [-0.15, -0.1) is 11.3 Å². The Labute approximate surface area is 166 Å². The summed E-state index contributed by atoms with van der Waals surface area (Å²) >= 11 is 1.69. The Morgan fingerprint density at radius 2 is 1.74 bits per heavy atom. The zero-order valence-corrected chi connectivity index (χ0v) is 17.4.